The summed E-state index contributed by atoms with van der Waals surface area (Å²) in [5, 5.41) is 5.39. The van der Waals surface area contributed by atoms with Crippen molar-refractivity contribution in [1.29, 1.82) is 0 Å². The molecule has 2 aromatic carbocycles. The average molecular weight is 378 g/mol. The Labute approximate surface area is 160 Å². The van der Waals surface area contributed by atoms with Crippen molar-refractivity contribution in [3.05, 3.63) is 59.2 Å². The van der Waals surface area contributed by atoms with Crippen molar-refractivity contribution in [2.75, 3.05) is 11.1 Å². The minimum absolute atomic E-state index is 0.0954. The Morgan fingerprint density at radius 1 is 1.00 bits per heavy atom. The summed E-state index contributed by atoms with van der Waals surface area (Å²) in [6.45, 7) is 0.526. The van der Waals surface area contributed by atoms with E-state index in [4.69, 9.17) is 5.73 Å². The van der Waals surface area contributed by atoms with Crippen LogP contribution < -0.4 is 16.4 Å². The first-order chi connectivity index (χ1) is 13.4. The molecule has 0 spiro atoms. The van der Waals surface area contributed by atoms with E-state index in [1.54, 1.807) is 30.3 Å². The van der Waals surface area contributed by atoms with Gasteiger partial charge in [0.25, 0.3) is 11.8 Å². The maximum absolute atomic E-state index is 12.8. The molecule has 8 nitrogen and oxygen atoms in total. The number of imide groups is 2. The number of rotatable bonds is 4. The molecule has 4 N–H and O–H groups in total. The smallest absolute Gasteiger partial charge is 0.262 e. The van der Waals surface area contributed by atoms with Crippen LogP contribution in [0.25, 0.3) is 0 Å². The number of carbonyl (C=O) groups is 4. The van der Waals surface area contributed by atoms with Crippen LogP contribution >= 0.6 is 0 Å². The van der Waals surface area contributed by atoms with E-state index < -0.39 is 29.7 Å². The van der Waals surface area contributed by atoms with Gasteiger partial charge in [0.2, 0.25) is 11.8 Å². The largest absolute Gasteiger partial charge is 0.399 e. The average Bonchev–Trinajstić information content (AvgIpc) is 2.92. The number of anilines is 2. The fraction of sp³-hybridized carbons (Fsp3) is 0.200. The number of piperidine rings is 1. The van der Waals surface area contributed by atoms with Crippen LogP contribution in [0.4, 0.5) is 11.4 Å². The lowest BCUT2D eigenvalue weighted by molar-refractivity contribution is -0.136. The van der Waals surface area contributed by atoms with Crippen molar-refractivity contribution >= 4 is 35.0 Å². The zero-order valence-corrected chi connectivity index (χ0v) is 14.9. The van der Waals surface area contributed by atoms with Gasteiger partial charge in [-0.15, -0.1) is 0 Å². The van der Waals surface area contributed by atoms with Crippen LogP contribution in [0, 0.1) is 0 Å². The highest BCUT2D eigenvalue weighted by atomic mass is 16.2. The van der Waals surface area contributed by atoms with E-state index in [0.29, 0.717) is 17.9 Å². The molecule has 2 aliphatic rings. The number of carbonyl (C=O) groups excluding carboxylic acids is 4. The molecule has 0 aromatic heterocycles. The molecule has 0 saturated carbocycles. The molecular formula is C20H18N4O4. The molecule has 1 unspecified atom stereocenters. The van der Waals surface area contributed by atoms with Crippen molar-refractivity contribution in [3.63, 3.8) is 0 Å². The summed E-state index contributed by atoms with van der Waals surface area (Å²) in [6, 6.07) is 11.3. The standard InChI is InChI=1S/C20H18N4O4/c21-12-3-1-11(2-4-12)10-22-13-5-6-14-15(9-13)20(28)24(19(14)27)16-7-8-17(25)23-18(16)26/h1-6,9,16,22H,7-8,10,21H2,(H,23,25,26). The second-order valence-corrected chi connectivity index (χ2v) is 6.80. The lowest BCUT2D eigenvalue weighted by Crippen LogP contribution is -2.54. The van der Waals surface area contributed by atoms with Gasteiger partial charge in [-0.3, -0.25) is 29.4 Å². The summed E-state index contributed by atoms with van der Waals surface area (Å²) >= 11 is 0. The Kier molecular flexibility index (Phi) is 4.31. The summed E-state index contributed by atoms with van der Waals surface area (Å²) in [7, 11) is 0. The number of hydrogen-bond donors (Lipinski definition) is 3. The maximum Gasteiger partial charge on any atom is 0.262 e. The van der Waals surface area contributed by atoms with Crippen molar-refractivity contribution < 1.29 is 19.2 Å². The summed E-state index contributed by atoms with van der Waals surface area (Å²) in [6.07, 6.45) is 0.233. The van der Waals surface area contributed by atoms with Crippen molar-refractivity contribution in [3.8, 4) is 0 Å². The predicted molar refractivity (Wildman–Crippen MR) is 101 cm³/mol. The number of amides is 4. The molecule has 0 aliphatic carbocycles. The monoisotopic (exact) mass is 378 g/mol. The highest BCUT2D eigenvalue weighted by Crippen LogP contribution is 2.29. The first-order valence-corrected chi connectivity index (χ1v) is 8.88. The lowest BCUT2D eigenvalue weighted by atomic mass is 10.0. The van der Waals surface area contributed by atoms with Crippen LogP contribution in [0.3, 0.4) is 0 Å². The Hall–Kier alpha value is -3.68. The summed E-state index contributed by atoms with van der Waals surface area (Å²) in [5.41, 5.74) is 8.56. The lowest BCUT2D eigenvalue weighted by Gasteiger charge is -2.27. The quantitative estimate of drug-likeness (QED) is 0.544. The van der Waals surface area contributed by atoms with Gasteiger partial charge in [0.05, 0.1) is 11.1 Å². The molecule has 0 bridgehead atoms. The van der Waals surface area contributed by atoms with Crippen LogP contribution in [0.2, 0.25) is 0 Å². The van der Waals surface area contributed by atoms with Crippen LogP contribution in [0.1, 0.15) is 39.1 Å². The number of nitrogens with two attached hydrogens (primary N) is 1. The number of fused-ring (bicyclic) bond motifs is 1. The van der Waals surface area contributed by atoms with Crippen molar-refractivity contribution in [2.45, 2.75) is 25.4 Å². The molecule has 2 aliphatic heterocycles. The number of nitrogens with one attached hydrogen (secondary N) is 2. The molecule has 1 atom stereocenters. The second kappa shape index (κ2) is 6.80. The second-order valence-electron chi connectivity index (χ2n) is 6.80. The van der Waals surface area contributed by atoms with E-state index in [1.165, 1.54) is 0 Å². The van der Waals surface area contributed by atoms with Gasteiger partial charge in [-0.25, -0.2) is 0 Å². The number of benzene rings is 2. The molecule has 4 amide bonds. The molecule has 2 aromatic rings. The Balaban J connectivity index is 1.53. The van der Waals surface area contributed by atoms with Gasteiger partial charge < -0.3 is 11.1 Å². The molecule has 8 heteroatoms. The van der Waals surface area contributed by atoms with E-state index in [-0.39, 0.29) is 24.0 Å². The minimum Gasteiger partial charge on any atom is -0.399 e. The summed E-state index contributed by atoms with van der Waals surface area (Å²) in [5.74, 6) is -2.05. The first kappa shape index (κ1) is 17.7. The van der Waals surface area contributed by atoms with E-state index >= 15 is 0 Å². The number of nitrogen functional groups attached to an aromatic ring is 1. The van der Waals surface area contributed by atoms with Gasteiger partial charge in [-0.05, 0) is 42.3 Å². The van der Waals surface area contributed by atoms with Gasteiger partial charge in [0, 0.05) is 24.3 Å². The summed E-state index contributed by atoms with van der Waals surface area (Å²) < 4.78 is 0. The molecule has 2 heterocycles. The van der Waals surface area contributed by atoms with Crippen LogP contribution in [-0.4, -0.2) is 34.6 Å². The van der Waals surface area contributed by atoms with E-state index in [1.807, 2.05) is 12.1 Å². The van der Waals surface area contributed by atoms with Gasteiger partial charge in [0.1, 0.15) is 6.04 Å². The highest BCUT2D eigenvalue weighted by molar-refractivity contribution is 6.23. The van der Waals surface area contributed by atoms with Crippen LogP contribution in [-0.2, 0) is 16.1 Å². The van der Waals surface area contributed by atoms with E-state index in [0.717, 1.165) is 10.5 Å². The number of nitrogens with zero attached hydrogens (tertiary/aromatic N) is 1. The molecule has 0 radical (unpaired) electrons. The Morgan fingerprint density at radius 2 is 1.71 bits per heavy atom. The van der Waals surface area contributed by atoms with Crippen molar-refractivity contribution in [2.24, 2.45) is 0 Å². The van der Waals surface area contributed by atoms with Gasteiger partial charge in [0.15, 0.2) is 0 Å². The fourth-order valence-corrected chi connectivity index (χ4v) is 3.42. The zero-order chi connectivity index (χ0) is 19.8. The Bertz CT molecular complexity index is 1000. The SMILES string of the molecule is Nc1ccc(CNc2ccc3c(c2)C(=O)N(C2CCC(=O)NC2=O)C3=O)cc1. The first-order valence-electron chi connectivity index (χ1n) is 8.88. The van der Waals surface area contributed by atoms with Crippen LogP contribution in [0.15, 0.2) is 42.5 Å². The highest BCUT2D eigenvalue weighted by Gasteiger charge is 2.44. The third-order valence-electron chi connectivity index (χ3n) is 4.92. The topological polar surface area (TPSA) is 122 Å². The number of hydrogen-bond acceptors (Lipinski definition) is 6. The Morgan fingerprint density at radius 3 is 2.43 bits per heavy atom. The van der Waals surface area contributed by atoms with Crippen molar-refractivity contribution in [1.82, 2.24) is 10.2 Å². The van der Waals surface area contributed by atoms with E-state index in [2.05, 4.69) is 10.6 Å². The molecule has 1 saturated heterocycles. The third kappa shape index (κ3) is 3.09. The van der Waals surface area contributed by atoms with Gasteiger partial charge in [-0.1, -0.05) is 12.1 Å². The summed E-state index contributed by atoms with van der Waals surface area (Å²) in [4.78, 5) is 49.8. The molecule has 142 valence electrons. The fourth-order valence-electron chi connectivity index (χ4n) is 3.42. The molecule has 28 heavy (non-hydrogen) atoms. The minimum atomic E-state index is -0.962. The zero-order valence-electron chi connectivity index (χ0n) is 14.9. The van der Waals surface area contributed by atoms with Gasteiger partial charge >= 0.3 is 0 Å². The third-order valence-corrected chi connectivity index (χ3v) is 4.92. The maximum atomic E-state index is 12.8. The molecular weight excluding hydrogens is 360 g/mol. The van der Waals surface area contributed by atoms with Crippen LogP contribution in [0.5, 0.6) is 0 Å². The predicted octanol–water partition coefficient (Wildman–Crippen LogP) is 1.28. The molecule has 4 rings (SSSR count). The van der Waals surface area contributed by atoms with Gasteiger partial charge in [-0.2, -0.15) is 0 Å². The molecule has 1 fully saturated rings. The van der Waals surface area contributed by atoms with E-state index in [9.17, 15) is 19.2 Å². The normalized spacial score (nSPS) is 18.9.